The summed E-state index contributed by atoms with van der Waals surface area (Å²) < 4.78 is 0. The van der Waals surface area contributed by atoms with Gasteiger partial charge in [0.25, 0.3) is 5.91 Å². The Kier molecular flexibility index (Phi) is 5.10. The van der Waals surface area contributed by atoms with Crippen molar-refractivity contribution in [1.82, 2.24) is 9.88 Å². The van der Waals surface area contributed by atoms with Crippen molar-refractivity contribution in [2.24, 2.45) is 0 Å². The minimum Gasteiger partial charge on any atom is -0.396 e. The third-order valence-corrected chi connectivity index (χ3v) is 2.68. The van der Waals surface area contributed by atoms with Gasteiger partial charge in [-0.05, 0) is 39.3 Å². The predicted molar refractivity (Wildman–Crippen MR) is 66.8 cm³/mol. The van der Waals surface area contributed by atoms with Crippen LogP contribution >= 0.6 is 0 Å². The maximum Gasteiger partial charge on any atom is 0.255 e. The van der Waals surface area contributed by atoms with Crippen molar-refractivity contribution >= 4 is 5.91 Å². The van der Waals surface area contributed by atoms with Crippen LogP contribution in [0.2, 0.25) is 0 Å². The number of aliphatic hydroxyl groups is 1. The zero-order chi connectivity index (χ0) is 12.8. The Morgan fingerprint density at radius 1 is 1.53 bits per heavy atom. The van der Waals surface area contributed by atoms with Crippen molar-refractivity contribution < 1.29 is 9.90 Å². The molecule has 0 spiro atoms. The third-order valence-electron chi connectivity index (χ3n) is 2.68. The summed E-state index contributed by atoms with van der Waals surface area (Å²) in [7, 11) is 0. The summed E-state index contributed by atoms with van der Waals surface area (Å²) in [5, 5.41) is 8.85. The van der Waals surface area contributed by atoms with Gasteiger partial charge in [0.05, 0.1) is 5.56 Å². The van der Waals surface area contributed by atoms with E-state index in [1.54, 1.807) is 23.2 Å². The number of carbonyl (C=O) groups excluding carboxylic acids is 1. The van der Waals surface area contributed by atoms with E-state index in [0.29, 0.717) is 18.5 Å². The number of carbonyl (C=O) groups is 1. The van der Waals surface area contributed by atoms with Gasteiger partial charge in [-0.25, -0.2) is 0 Å². The topological polar surface area (TPSA) is 53.4 Å². The zero-order valence-electron chi connectivity index (χ0n) is 10.7. The SMILES string of the molecule is Cc1ncccc1C(=O)N(CCCO)C(C)C. The van der Waals surface area contributed by atoms with Gasteiger partial charge in [-0.2, -0.15) is 0 Å². The van der Waals surface area contributed by atoms with E-state index in [1.165, 1.54) is 0 Å². The van der Waals surface area contributed by atoms with Crippen LogP contribution in [-0.4, -0.2) is 40.1 Å². The number of aliphatic hydroxyl groups excluding tert-OH is 1. The van der Waals surface area contributed by atoms with E-state index in [-0.39, 0.29) is 18.6 Å². The van der Waals surface area contributed by atoms with Crippen LogP contribution < -0.4 is 0 Å². The van der Waals surface area contributed by atoms with Crippen LogP contribution in [0.3, 0.4) is 0 Å². The van der Waals surface area contributed by atoms with Crippen molar-refractivity contribution in [3.8, 4) is 0 Å². The zero-order valence-corrected chi connectivity index (χ0v) is 10.7. The van der Waals surface area contributed by atoms with Gasteiger partial charge >= 0.3 is 0 Å². The summed E-state index contributed by atoms with van der Waals surface area (Å²) in [6, 6.07) is 3.68. The van der Waals surface area contributed by atoms with Gasteiger partial charge in [-0.15, -0.1) is 0 Å². The van der Waals surface area contributed by atoms with Crippen LogP contribution in [0.15, 0.2) is 18.3 Å². The molecule has 4 heteroatoms. The van der Waals surface area contributed by atoms with Gasteiger partial charge < -0.3 is 10.0 Å². The van der Waals surface area contributed by atoms with E-state index in [9.17, 15) is 4.79 Å². The number of aryl methyl sites for hydroxylation is 1. The molecule has 0 aromatic carbocycles. The van der Waals surface area contributed by atoms with E-state index < -0.39 is 0 Å². The Morgan fingerprint density at radius 3 is 2.76 bits per heavy atom. The smallest absolute Gasteiger partial charge is 0.255 e. The predicted octanol–water partition coefficient (Wildman–Crippen LogP) is 1.62. The van der Waals surface area contributed by atoms with Gasteiger partial charge in [0.1, 0.15) is 0 Å². The highest BCUT2D eigenvalue weighted by atomic mass is 16.3. The van der Waals surface area contributed by atoms with Crippen LogP contribution in [-0.2, 0) is 0 Å². The number of rotatable bonds is 5. The molecule has 0 aliphatic heterocycles. The third kappa shape index (κ3) is 3.53. The second kappa shape index (κ2) is 6.35. The van der Waals surface area contributed by atoms with Crippen molar-refractivity contribution in [1.29, 1.82) is 0 Å². The van der Waals surface area contributed by atoms with Crippen LogP contribution in [0.4, 0.5) is 0 Å². The molecule has 1 aromatic heterocycles. The number of nitrogens with zero attached hydrogens (tertiary/aromatic N) is 2. The van der Waals surface area contributed by atoms with Gasteiger partial charge in [0, 0.05) is 31.1 Å². The lowest BCUT2D eigenvalue weighted by Gasteiger charge is -2.27. The maximum absolute atomic E-state index is 12.3. The lowest BCUT2D eigenvalue weighted by Crippen LogP contribution is -2.38. The second-order valence-electron chi connectivity index (χ2n) is 4.31. The Balaban J connectivity index is 2.88. The molecule has 0 bridgehead atoms. The Hall–Kier alpha value is -1.42. The van der Waals surface area contributed by atoms with E-state index in [2.05, 4.69) is 4.98 Å². The number of aromatic nitrogens is 1. The van der Waals surface area contributed by atoms with Crippen LogP contribution in [0.1, 0.15) is 36.3 Å². The second-order valence-corrected chi connectivity index (χ2v) is 4.31. The molecule has 0 saturated heterocycles. The minimum atomic E-state index is -0.0148. The molecule has 0 atom stereocenters. The Labute approximate surface area is 102 Å². The molecule has 0 radical (unpaired) electrons. The molecule has 1 amide bonds. The quantitative estimate of drug-likeness (QED) is 0.845. The molecule has 0 aliphatic rings. The van der Waals surface area contributed by atoms with E-state index >= 15 is 0 Å². The Bertz CT molecular complexity index is 377. The first kappa shape index (κ1) is 13.6. The standard InChI is InChI=1S/C13H20N2O2/c1-10(2)15(8-5-9-16)13(17)12-6-4-7-14-11(12)3/h4,6-7,10,16H,5,8-9H2,1-3H3. The fourth-order valence-electron chi connectivity index (χ4n) is 1.70. The van der Waals surface area contributed by atoms with E-state index in [4.69, 9.17) is 5.11 Å². The van der Waals surface area contributed by atoms with Crippen LogP contribution in [0.25, 0.3) is 0 Å². The monoisotopic (exact) mass is 236 g/mol. The molecule has 4 nitrogen and oxygen atoms in total. The Morgan fingerprint density at radius 2 is 2.24 bits per heavy atom. The molecule has 1 heterocycles. The lowest BCUT2D eigenvalue weighted by molar-refractivity contribution is 0.0692. The summed E-state index contributed by atoms with van der Waals surface area (Å²) in [6.07, 6.45) is 2.28. The first-order chi connectivity index (χ1) is 8.07. The van der Waals surface area contributed by atoms with Gasteiger partial charge in [0.2, 0.25) is 0 Å². The molecule has 0 aliphatic carbocycles. The molecular weight excluding hydrogens is 216 g/mol. The molecule has 0 unspecified atom stereocenters. The summed E-state index contributed by atoms with van der Waals surface area (Å²) >= 11 is 0. The van der Waals surface area contributed by atoms with E-state index in [0.717, 1.165) is 5.69 Å². The molecular formula is C13H20N2O2. The van der Waals surface area contributed by atoms with Crippen molar-refractivity contribution in [2.45, 2.75) is 33.2 Å². The molecule has 1 aromatic rings. The summed E-state index contributed by atoms with van der Waals surface area (Å²) in [4.78, 5) is 18.2. The van der Waals surface area contributed by atoms with Crippen LogP contribution in [0, 0.1) is 6.92 Å². The number of hydrogen-bond donors (Lipinski definition) is 1. The fraction of sp³-hybridized carbons (Fsp3) is 0.538. The molecule has 0 saturated carbocycles. The van der Waals surface area contributed by atoms with Crippen LogP contribution in [0.5, 0.6) is 0 Å². The minimum absolute atomic E-state index is 0.0148. The van der Waals surface area contributed by atoms with Gasteiger partial charge in [-0.1, -0.05) is 0 Å². The highest BCUT2D eigenvalue weighted by molar-refractivity contribution is 5.95. The normalized spacial score (nSPS) is 10.6. The first-order valence-corrected chi connectivity index (χ1v) is 5.91. The number of amides is 1. The highest BCUT2D eigenvalue weighted by Crippen LogP contribution is 2.11. The lowest BCUT2D eigenvalue weighted by atomic mass is 10.1. The highest BCUT2D eigenvalue weighted by Gasteiger charge is 2.19. The molecule has 1 N–H and O–H groups in total. The van der Waals surface area contributed by atoms with Gasteiger partial charge in [0.15, 0.2) is 0 Å². The summed E-state index contributed by atoms with van der Waals surface area (Å²) in [5.74, 6) is -0.0148. The molecule has 0 fully saturated rings. The summed E-state index contributed by atoms with van der Waals surface area (Å²) in [5.41, 5.74) is 1.38. The van der Waals surface area contributed by atoms with Crippen molar-refractivity contribution in [2.75, 3.05) is 13.2 Å². The molecule has 17 heavy (non-hydrogen) atoms. The van der Waals surface area contributed by atoms with Crippen molar-refractivity contribution in [3.63, 3.8) is 0 Å². The largest absolute Gasteiger partial charge is 0.396 e. The van der Waals surface area contributed by atoms with E-state index in [1.807, 2.05) is 20.8 Å². The summed E-state index contributed by atoms with van der Waals surface area (Å²) in [6.45, 7) is 6.45. The average molecular weight is 236 g/mol. The van der Waals surface area contributed by atoms with Crippen molar-refractivity contribution in [3.05, 3.63) is 29.6 Å². The first-order valence-electron chi connectivity index (χ1n) is 5.91. The van der Waals surface area contributed by atoms with Gasteiger partial charge in [-0.3, -0.25) is 9.78 Å². The number of hydrogen-bond acceptors (Lipinski definition) is 3. The average Bonchev–Trinajstić information content (AvgIpc) is 2.29. The molecule has 94 valence electrons. The molecule has 1 rings (SSSR count). The number of pyridine rings is 1. The fourth-order valence-corrected chi connectivity index (χ4v) is 1.70. The maximum atomic E-state index is 12.3.